The van der Waals surface area contributed by atoms with Gasteiger partial charge in [-0.2, -0.15) is 0 Å². The number of amides is 2. The van der Waals surface area contributed by atoms with Crippen LogP contribution in [0.15, 0.2) is 53.4 Å². The minimum Gasteiger partial charge on any atom is -0.495 e. The van der Waals surface area contributed by atoms with Crippen molar-refractivity contribution in [2.24, 2.45) is 11.7 Å². The van der Waals surface area contributed by atoms with Crippen molar-refractivity contribution in [2.75, 3.05) is 26.7 Å². The molecule has 2 aromatic carbocycles. The summed E-state index contributed by atoms with van der Waals surface area (Å²) in [6, 6.07) is 13.9. The van der Waals surface area contributed by atoms with Crippen LogP contribution in [0, 0.1) is 5.92 Å². The van der Waals surface area contributed by atoms with E-state index >= 15 is 0 Å². The monoisotopic (exact) mass is 445 g/mol. The van der Waals surface area contributed by atoms with E-state index in [-0.39, 0.29) is 40.5 Å². The molecule has 9 heteroatoms. The highest BCUT2D eigenvalue weighted by molar-refractivity contribution is 7.89. The Hall–Kier alpha value is -2.91. The molecule has 0 saturated carbocycles. The summed E-state index contributed by atoms with van der Waals surface area (Å²) in [6.07, 6.45) is 1.54. The smallest absolute Gasteiger partial charge is 0.253 e. The molecule has 0 unspecified atom stereocenters. The topological polar surface area (TPSA) is 119 Å². The predicted molar refractivity (Wildman–Crippen MR) is 116 cm³/mol. The van der Waals surface area contributed by atoms with Gasteiger partial charge in [0.25, 0.3) is 5.91 Å². The number of hydrogen-bond acceptors (Lipinski definition) is 5. The molecule has 0 aromatic heterocycles. The zero-order valence-electron chi connectivity index (χ0n) is 17.4. The van der Waals surface area contributed by atoms with Crippen molar-refractivity contribution in [3.63, 3.8) is 0 Å². The lowest BCUT2D eigenvalue weighted by Crippen LogP contribution is -2.41. The molecule has 166 valence electrons. The van der Waals surface area contributed by atoms with Gasteiger partial charge in [0, 0.05) is 31.1 Å². The summed E-state index contributed by atoms with van der Waals surface area (Å²) in [5, 5.41) is 0. The molecule has 0 spiro atoms. The van der Waals surface area contributed by atoms with E-state index < -0.39 is 10.0 Å². The highest BCUT2D eigenvalue weighted by atomic mass is 32.2. The van der Waals surface area contributed by atoms with E-state index in [2.05, 4.69) is 4.72 Å². The van der Waals surface area contributed by atoms with Crippen molar-refractivity contribution in [1.82, 2.24) is 9.62 Å². The molecule has 1 fully saturated rings. The number of nitrogens with zero attached hydrogens (tertiary/aromatic N) is 1. The first-order valence-corrected chi connectivity index (χ1v) is 11.6. The lowest BCUT2D eigenvalue weighted by Gasteiger charge is -2.30. The molecule has 8 nitrogen and oxygen atoms in total. The molecule has 2 aromatic rings. The van der Waals surface area contributed by atoms with Crippen LogP contribution in [-0.2, 0) is 21.2 Å². The van der Waals surface area contributed by atoms with Crippen molar-refractivity contribution in [2.45, 2.75) is 24.2 Å². The number of nitrogens with one attached hydrogen (secondary N) is 1. The minimum atomic E-state index is -3.89. The van der Waals surface area contributed by atoms with Crippen LogP contribution in [0.4, 0.5) is 0 Å². The third-order valence-electron chi connectivity index (χ3n) is 5.43. The molecule has 3 N–H and O–H groups in total. The Labute approximate surface area is 182 Å². The molecule has 31 heavy (non-hydrogen) atoms. The van der Waals surface area contributed by atoms with Crippen molar-refractivity contribution in [3.8, 4) is 5.75 Å². The molecule has 1 aliphatic rings. The number of sulfonamides is 1. The first kappa shape index (κ1) is 22.8. The standard InChI is InChI=1S/C22H27N3O5S/c1-30-19-8-7-18(22(27)25-13-10-17(11-14-25)21(23)26)15-20(19)31(28,29)24-12-9-16-5-3-2-4-6-16/h2-8,15,17,24H,9-14H2,1H3,(H2,23,26). The minimum absolute atomic E-state index is 0.0825. The quantitative estimate of drug-likeness (QED) is 0.639. The van der Waals surface area contributed by atoms with Gasteiger partial charge in [0.1, 0.15) is 10.6 Å². The van der Waals surface area contributed by atoms with Crippen LogP contribution in [0.25, 0.3) is 0 Å². The summed E-state index contributed by atoms with van der Waals surface area (Å²) in [5.74, 6) is -0.710. The van der Waals surface area contributed by atoms with Crippen LogP contribution in [0.2, 0.25) is 0 Å². The molecule has 1 heterocycles. The number of primary amides is 1. The average Bonchev–Trinajstić information content (AvgIpc) is 2.78. The normalized spacial score (nSPS) is 14.9. The van der Waals surface area contributed by atoms with Gasteiger partial charge in [-0.05, 0) is 43.0 Å². The summed E-state index contributed by atoms with van der Waals surface area (Å²) in [6.45, 7) is 1.01. The fraction of sp³-hybridized carbons (Fsp3) is 0.364. The molecule has 0 radical (unpaired) electrons. The number of carbonyl (C=O) groups is 2. The molecule has 1 aliphatic heterocycles. The second-order valence-electron chi connectivity index (χ2n) is 7.47. The van der Waals surface area contributed by atoms with Crippen LogP contribution in [0.3, 0.4) is 0 Å². The van der Waals surface area contributed by atoms with Crippen LogP contribution >= 0.6 is 0 Å². The molecule has 3 rings (SSSR count). The SMILES string of the molecule is COc1ccc(C(=O)N2CCC(C(N)=O)CC2)cc1S(=O)(=O)NCCc1ccccc1. The lowest BCUT2D eigenvalue weighted by molar-refractivity contribution is -0.123. The summed E-state index contributed by atoms with van der Waals surface area (Å²) in [4.78, 5) is 25.8. The molecule has 0 aliphatic carbocycles. The Morgan fingerprint density at radius 3 is 2.42 bits per heavy atom. The highest BCUT2D eigenvalue weighted by Crippen LogP contribution is 2.26. The fourth-order valence-corrected chi connectivity index (χ4v) is 4.85. The van der Waals surface area contributed by atoms with Crippen molar-refractivity contribution < 1.29 is 22.7 Å². The fourth-order valence-electron chi connectivity index (χ4n) is 3.62. The van der Waals surface area contributed by atoms with E-state index in [0.29, 0.717) is 32.4 Å². The zero-order chi connectivity index (χ0) is 22.4. The molecule has 0 bridgehead atoms. The van der Waals surface area contributed by atoms with E-state index in [4.69, 9.17) is 10.5 Å². The van der Waals surface area contributed by atoms with Gasteiger partial charge in [-0.1, -0.05) is 30.3 Å². The largest absolute Gasteiger partial charge is 0.495 e. The molecular weight excluding hydrogens is 418 g/mol. The molecule has 1 saturated heterocycles. The number of carbonyl (C=O) groups excluding carboxylic acids is 2. The maximum absolute atomic E-state index is 12.9. The van der Waals surface area contributed by atoms with E-state index in [1.165, 1.54) is 19.2 Å². The number of nitrogens with two attached hydrogens (primary N) is 1. The Morgan fingerprint density at radius 1 is 1.13 bits per heavy atom. The third-order valence-corrected chi connectivity index (χ3v) is 6.92. The molecular formula is C22H27N3O5S. The number of rotatable bonds is 8. The summed E-state index contributed by atoms with van der Waals surface area (Å²) < 4.78 is 33.6. The summed E-state index contributed by atoms with van der Waals surface area (Å²) >= 11 is 0. The Balaban J connectivity index is 1.73. The first-order chi connectivity index (χ1) is 14.8. The lowest BCUT2D eigenvalue weighted by atomic mass is 9.96. The van der Waals surface area contributed by atoms with Gasteiger partial charge in [0.05, 0.1) is 7.11 Å². The summed E-state index contributed by atoms with van der Waals surface area (Å²) in [5.41, 5.74) is 6.61. The van der Waals surface area contributed by atoms with Crippen LogP contribution in [0.1, 0.15) is 28.8 Å². The maximum Gasteiger partial charge on any atom is 0.253 e. The number of ether oxygens (including phenoxy) is 1. The number of methoxy groups -OCH3 is 1. The number of benzene rings is 2. The van der Waals surface area contributed by atoms with Gasteiger partial charge >= 0.3 is 0 Å². The average molecular weight is 446 g/mol. The second-order valence-corrected chi connectivity index (χ2v) is 9.20. The van der Waals surface area contributed by atoms with Crippen molar-refractivity contribution >= 4 is 21.8 Å². The van der Waals surface area contributed by atoms with Gasteiger partial charge in [0.15, 0.2) is 0 Å². The van der Waals surface area contributed by atoms with Crippen molar-refractivity contribution in [1.29, 1.82) is 0 Å². The number of hydrogen-bond donors (Lipinski definition) is 2. The van der Waals surface area contributed by atoms with Gasteiger partial charge in [-0.3, -0.25) is 9.59 Å². The highest BCUT2D eigenvalue weighted by Gasteiger charge is 2.28. The first-order valence-electron chi connectivity index (χ1n) is 10.1. The zero-order valence-corrected chi connectivity index (χ0v) is 18.2. The number of piperidine rings is 1. The van der Waals surface area contributed by atoms with Gasteiger partial charge in [-0.15, -0.1) is 0 Å². The van der Waals surface area contributed by atoms with E-state index in [0.717, 1.165) is 5.56 Å². The summed E-state index contributed by atoms with van der Waals surface area (Å²) in [7, 11) is -2.50. The molecule has 2 amide bonds. The van der Waals surface area contributed by atoms with Crippen LogP contribution in [-0.4, -0.2) is 51.9 Å². The van der Waals surface area contributed by atoms with Gasteiger partial charge in [-0.25, -0.2) is 13.1 Å². The predicted octanol–water partition coefficient (Wildman–Crippen LogP) is 1.55. The Bertz CT molecular complexity index is 1030. The molecule has 0 atom stereocenters. The van der Waals surface area contributed by atoms with Crippen LogP contribution < -0.4 is 15.2 Å². The van der Waals surface area contributed by atoms with E-state index in [1.54, 1.807) is 11.0 Å². The number of likely N-dealkylation sites (tertiary alicyclic amines) is 1. The second kappa shape index (κ2) is 9.93. The van der Waals surface area contributed by atoms with Gasteiger partial charge < -0.3 is 15.4 Å². The van der Waals surface area contributed by atoms with Gasteiger partial charge in [0.2, 0.25) is 15.9 Å². The third kappa shape index (κ3) is 5.62. The van der Waals surface area contributed by atoms with Crippen molar-refractivity contribution in [3.05, 3.63) is 59.7 Å². The van der Waals surface area contributed by atoms with Crippen LogP contribution in [0.5, 0.6) is 5.75 Å². The van der Waals surface area contributed by atoms with E-state index in [9.17, 15) is 18.0 Å². The Kier molecular flexibility index (Phi) is 7.29. The Morgan fingerprint density at radius 2 is 1.81 bits per heavy atom. The van der Waals surface area contributed by atoms with E-state index in [1.807, 2.05) is 30.3 Å². The maximum atomic E-state index is 12.9.